The quantitative estimate of drug-likeness (QED) is 0.801. The van der Waals surface area contributed by atoms with E-state index in [4.69, 9.17) is 22.1 Å². The van der Waals surface area contributed by atoms with E-state index < -0.39 is 0 Å². The van der Waals surface area contributed by atoms with Crippen LogP contribution < -0.4 is 11.1 Å². The summed E-state index contributed by atoms with van der Waals surface area (Å²) in [6, 6.07) is 4.81. The second-order valence-corrected chi connectivity index (χ2v) is 4.56. The van der Waals surface area contributed by atoms with E-state index >= 15 is 0 Å². The summed E-state index contributed by atoms with van der Waals surface area (Å²) in [5.41, 5.74) is 6.56. The molecule has 102 valence electrons. The SMILES string of the molecule is Nc1ccc(NC(=O)CN2CCOCC2=O)c(Cl)c1. The maximum atomic E-state index is 11.8. The Labute approximate surface area is 115 Å². The molecule has 7 heteroatoms. The average Bonchev–Trinajstić information content (AvgIpc) is 2.36. The number of nitrogens with zero attached hydrogens (tertiary/aromatic N) is 1. The van der Waals surface area contributed by atoms with Crippen molar-refractivity contribution in [3.05, 3.63) is 23.2 Å². The van der Waals surface area contributed by atoms with Crippen molar-refractivity contribution in [3.63, 3.8) is 0 Å². The standard InChI is InChI=1S/C12H14ClN3O3/c13-9-5-8(14)1-2-10(9)15-11(17)6-16-3-4-19-7-12(16)18/h1-2,5H,3-4,6-7,14H2,(H,15,17). The lowest BCUT2D eigenvalue weighted by molar-refractivity contribution is -0.144. The van der Waals surface area contributed by atoms with Gasteiger partial charge >= 0.3 is 0 Å². The Bertz CT molecular complexity index is 507. The van der Waals surface area contributed by atoms with Gasteiger partial charge in [-0.3, -0.25) is 9.59 Å². The molecule has 1 aliphatic rings. The summed E-state index contributed by atoms with van der Waals surface area (Å²) in [7, 11) is 0. The molecule has 3 N–H and O–H groups in total. The number of ether oxygens (including phenoxy) is 1. The van der Waals surface area contributed by atoms with Crippen LogP contribution in [-0.4, -0.2) is 43.0 Å². The summed E-state index contributed by atoms with van der Waals surface area (Å²) in [5, 5.41) is 3.01. The number of rotatable bonds is 3. The molecule has 0 aliphatic carbocycles. The first-order chi connectivity index (χ1) is 9.06. The Balaban J connectivity index is 1.95. The van der Waals surface area contributed by atoms with E-state index in [0.29, 0.717) is 29.5 Å². The molecule has 6 nitrogen and oxygen atoms in total. The van der Waals surface area contributed by atoms with E-state index in [0.717, 1.165) is 0 Å². The van der Waals surface area contributed by atoms with E-state index in [2.05, 4.69) is 5.32 Å². The lowest BCUT2D eigenvalue weighted by Crippen LogP contribution is -2.45. The van der Waals surface area contributed by atoms with Crippen molar-refractivity contribution < 1.29 is 14.3 Å². The summed E-state index contributed by atoms with van der Waals surface area (Å²) in [4.78, 5) is 24.7. The van der Waals surface area contributed by atoms with Crippen LogP contribution in [0.25, 0.3) is 0 Å². The normalized spacial score (nSPS) is 15.4. The van der Waals surface area contributed by atoms with Gasteiger partial charge in [-0.2, -0.15) is 0 Å². The fourth-order valence-electron chi connectivity index (χ4n) is 1.71. The van der Waals surface area contributed by atoms with Gasteiger partial charge in [0.25, 0.3) is 0 Å². The third-order valence-corrected chi connectivity index (χ3v) is 3.00. The number of morpholine rings is 1. The minimum Gasteiger partial charge on any atom is -0.399 e. The molecule has 0 atom stereocenters. The smallest absolute Gasteiger partial charge is 0.249 e. The average molecular weight is 284 g/mol. The minimum absolute atomic E-state index is 0.0110. The van der Waals surface area contributed by atoms with Gasteiger partial charge in [-0.25, -0.2) is 0 Å². The number of benzene rings is 1. The highest BCUT2D eigenvalue weighted by Gasteiger charge is 2.21. The number of nitrogens with one attached hydrogen (secondary N) is 1. The highest BCUT2D eigenvalue weighted by Crippen LogP contribution is 2.23. The topological polar surface area (TPSA) is 84.7 Å². The third-order valence-electron chi connectivity index (χ3n) is 2.69. The number of anilines is 2. The monoisotopic (exact) mass is 283 g/mol. The zero-order valence-corrected chi connectivity index (χ0v) is 10.9. The van der Waals surface area contributed by atoms with E-state index in [1.807, 2.05) is 0 Å². The van der Waals surface area contributed by atoms with Gasteiger partial charge in [0, 0.05) is 12.2 Å². The number of nitrogen functional groups attached to an aromatic ring is 1. The fourth-order valence-corrected chi connectivity index (χ4v) is 1.95. The fraction of sp³-hybridized carbons (Fsp3) is 0.333. The van der Waals surface area contributed by atoms with Crippen LogP contribution in [0.1, 0.15) is 0 Å². The highest BCUT2D eigenvalue weighted by molar-refractivity contribution is 6.34. The number of amides is 2. The lowest BCUT2D eigenvalue weighted by Gasteiger charge is -2.26. The lowest BCUT2D eigenvalue weighted by atomic mass is 10.3. The molecule has 1 aromatic rings. The number of hydrogen-bond donors (Lipinski definition) is 2. The summed E-state index contributed by atoms with van der Waals surface area (Å²) in [6.45, 7) is 0.877. The van der Waals surface area contributed by atoms with Gasteiger partial charge in [-0.05, 0) is 18.2 Å². The van der Waals surface area contributed by atoms with E-state index in [1.54, 1.807) is 18.2 Å². The van der Waals surface area contributed by atoms with Crippen molar-refractivity contribution >= 4 is 34.8 Å². The first-order valence-corrected chi connectivity index (χ1v) is 6.14. The third kappa shape index (κ3) is 3.59. The molecule has 0 unspecified atom stereocenters. The molecule has 2 amide bonds. The molecule has 1 saturated heterocycles. The van der Waals surface area contributed by atoms with Crippen LogP contribution in [0.2, 0.25) is 5.02 Å². The maximum Gasteiger partial charge on any atom is 0.249 e. The van der Waals surface area contributed by atoms with Crippen molar-refractivity contribution in [2.45, 2.75) is 0 Å². The molecule has 1 fully saturated rings. The summed E-state index contributed by atoms with van der Waals surface area (Å²) < 4.78 is 4.99. The molecule has 1 heterocycles. The molecule has 0 saturated carbocycles. The number of hydrogen-bond acceptors (Lipinski definition) is 4. The predicted molar refractivity (Wildman–Crippen MR) is 71.9 cm³/mol. The second-order valence-electron chi connectivity index (χ2n) is 4.16. The summed E-state index contributed by atoms with van der Waals surface area (Å²) in [6.07, 6.45) is 0. The summed E-state index contributed by atoms with van der Waals surface area (Å²) in [5.74, 6) is -0.494. The van der Waals surface area contributed by atoms with Crippen molar-refractivity contribution in [2.75, 3.05) is 37.4 Å². The predicted octanol–water partition coefficient (Wildman–Crippen LogP) is 0.719. The van der Waals surface area contributed by atoms with Crippen LogP contribution in [0.5, 0.6) is 0 Å². The Morgan fingerprint density at radius 3 is 3.00 bits per heavy atom. The van der Waals surface area contributed by atoms with Crippen molar-refractivity contribution in [1.82, 2.24) is 4.90 Å². The van der Waals surface area contributed by atoms with Gasteiger partial charge in [0.15, 0.2) is 0 Å². The first kappa shape index (κ1) is 13.6. The molecule has 0 aromatic heterocycles. The zero-order valence-electron chi connectivity index (χ0n) is 10.2. The van der Waals surface area contributed by atoms with Crippen molar-refractivity contribution in [1.29, 1.82) is 0 Å². The number of carbonyl (C=O) groups is 2. The number of carbonyl (C=O) groups excluding carboxylic acids is 2. The van der Waals surface area contributed by atoms with Gasteiger partial charge < -0.3 is 20.7 Å². The van der Waals surface area contributed by atoms with Crippen LogP contribution in [0, 0.1) is 0 Å². The first-order valence-electron chi connectivity index (χ1n) is 5.76. The molecule has 2 rings (SSSR count). The van der Waals surface area contributed by atoms with E-state index in [1.165, 1.54) is 4.90 Å². The Morgan fingerprint density at radius 2 is 2.32 bits per heavy atom. The second kappa shape index (κ2) is 5.90. The van der Waals surface area contributed by atoms with Crippen molar-refractivity contribution in [2.24, 2.45) is 0 Å². The van der Waals surface area contributed by atoms with E-state index in [9.17, 15) is 9.59 Å². The molecule has 0 bridgehead atoms. The minimum atomic E-state index is -0.304. The summed E-state index contributed by atoms with van der Waals surface area (Å²) >= 11 is 5.95. The molecule has 0 radical (unpaired) electrons. The van der Waals surface area contributed by atoms with Crippen LogP contribution in [0.15, 0.2) is 18.2 Å². The van der Waals surface area contributed by atoms with Crippen LogP contribution in [0.3, 0.4) is 0 Å². The van der Waals surface area contributed by atoms with E-state index in [-0.39, 0.29) is 25.0 Å². The van der Waals surface area contributed by atoms with Crippen LogP contribution in [-0.2, 0) is 14.3 Å². The van der Waals surface area contributed by atoms with Gasteiger partial charge in [0.1, 0.15) is 13.2 Å². The van der Waals surface area contributed by atoms with Gasteiger partial charge in [0.05, 0.1) is 17.3 Å². The molecule has 19 heavy (non-hydrogen) atoms. The zero-order chi connectivity index (χ0) is 13.8. The number of halogens is 1. The Kier molecular flexibility index (Phi) is 4.24. The molecule has 1 aliphatic heterocycles. The van der Waals surface area contributed by atoms with Gasteiger partial charge in [-0.1, -0.05) is 11.6 Å². The van der Waals surface area contributed by atoms with Gasteiger partial charge in [0.2, 0.25) is 11.8 Å². The highest BCUT2D eigenvalue weighted by atomic mass is 35.5. The maximum absolute atomic E-state index is 11.8. The largest absolute Gasteiger partial charge is 0.399 e. The van der Waals surface area contributed by atoms with Crippen molar-refractivity contribution in [3.8, 4) is 0 Å². The molecule has 0 spiro atoms. The van der Waals surface area contributed by atoms with Crippen LogP contribution in [0.4, 0.5) is 11.4 Å². The van der Waals surface area contributed by atoms with Crippen LogP contribution >= 0.6 is 11.6 Å². The number of nitrogens with two attached hydrogens (primary N) is 1. The molecule has 1 aromatic carbocycles. The molecular weight excluding hydrogens is 270 g/mol. The molecular formula is C12H14ClN3O3. The van der Waals surface area contributed by atoms with Gasteiger partial charge in [-0.15, -0.1) is 0 Å². The Morgan fingerprint density at radius 1 is 1.53 bits per heavy atom. The Hall–Kier alpha value is -1.79.